The highest BCUT2D eigenvalue weighted by Crippen LogP contribution is 2.24. The van der Waals surface area contributed by atoms with Gasteiger partial charge in [-0.15, -0.1) is 10.2 Å². The summed E-state index contributed by atoms with van der Waals surface area (Å²) in [6.07, 6.45) is 3.61. The van der Waals surface area contributed by atoms with Gasteiger partial charge in [0.15, 0.2) is 0 Å². The summed E-state index contributed by atoms with van der Waals surface area (Å²) >= 11 is 0. The van der Waals surface area contributed by atoms with Gasteiger partial charge in [0.05, 0.1) is 6.54 Å². The van der Waals surface area contributed by atoms with Crippen LogP contribution >= 0.6 is 0 Å². The molecule has 2 amide bonds. The number of hydrogen-bond acceptors (Lipinski definition) is 4. The highest BCUT2D eigenvalue weighted by Gasteiger charge is 2.27. The average molecular weight is 347 g/mol. The van der Waals surface area contributed by atoms with Gasteiger partial charge >= 0.3 is 6.03 Å². The molecule has 0 radical (unpaired) electrons. The van der Waals surface area contributed by atoms with Crippen molar-refractivity contribution in [1.82, 2.24) is 25.0 Å². The van der Waals surface area contributed by atoms with Crippen LogP contribution in [0.2, 0.25) is 0 Å². The Hall–Kier alpha value is -2.64. The number of rotatable bonds is 5. The van der Waals surface area contributed by atoms with Crippen molar-refractivity contribution in [2.45, 2.75) is 18.8 Å². The molecule has 7 nitrogen and oxygen atoms in total. The van der Waals surface area contributed by atoms with Crippen molar-refractivity contribution >= 4 is 6.03 Å². The van der Waals surface area contributed by atoms with Gasteiger partial charge in [0.1, 0.15) is 30.3 Å². The molecule has 1 fully saturated rings. The second kappa shape index (κ2) is 7.96. The van der Waals surface area contributed by atoms with E-state index in [4.69, 9.17) is 4.74 Å². The Labute approximate surface area is 145 Å². The molecule has 0 bridgehead atoms. The van der Waals surface area contributed by atoms with E-state index in [0.29, 0.717) is 18.8 Å². The molecule has 1 aromatic carbocycles. The van der Waals surface area contributed by atoms with E-state index >= 15 is 0 Å². The first-order chi connectivity index (χ1) is 12.1. The van der Waals surface area contributed by atoms with Crippen LogP contribution in [0.25, 0.3) is 0 Å². The van der Waals surface area contributed by atoms with Crippen LogP contribution in [0.15, 0.2) is 30.6 Å². The molecular weight excluding hydrogens is 325 g/mol. The summed E-state index contributed by atoms with van der Waals surface area (Å²) in [4.78, 5) is 14.1. The summed E-state index contributed by atoms with van der Waals surface area (Å²) in [7, 11) is 1.91. The minimum atomic E-state index is -0.343. The van der Waals surface area contributed by atoms with Crippen LogP contribution in [0, 0.1) is 5.82 Å². The van der Waals surface area contributed by atoms with E-state index in [1.54, 1.807) is 23.4 Å². The van der Waals surface area contributed by atoms with E-state index in [2.05, 4.69) is 15.5 Å². The molecule has 0 saturated carbocycles. The predicted octanol–water partition coefficient (Wildman–Crippen LogP) is 1.92. The maximum atomic E-state index is 13.1. The van der Waals surface area contributed by atoms with Gasteiger partial charge in [0.25, 0.3) is 0 Å². The topological polar surface area (TPSA) is 72.3 Å². The molecule has 2 heterocycles. The van der Waals surface area contributed by atoms with Crippen LogP contribution in [-0.2, 0) is 7.05 Å². The molecule has 0 spiro atoms. The van der Waals surface area contributed by atoms with Crippen LogP contribution in [0.5, 0.6) is 5.75 Å². The fourth-order valence-corrected chi connectivity index (χ4v) is 3.03. The number of likely N-dealkylation sites (tertiary alicyclic amines) is 1. The summed E-state index contributed by atoms with van der Waals surface area (Å²) in [6.45, 7) is 2.00. The smallest absolute Gasteiger partial charge is 0.317 e. The number of aryl methyl sites for hydroxylation is 1. The predicted molar refractivity (Wildman–Crippen MR) is 89.8 cm³/mol. The Bertz CT molecular complexity index is 721. The maximum Gasteiger partial charge on any atom is 0.317 e. The summed E-state index contributed by atoms with van der Waals surface area (Å²) < 4.78 is 20.4. The van der Waals surface area contributed by atoms with Crippen molar-refractivity contribution in [2.24, 2.45) is 7.05 Å². The first-order valence-electron chi connectivity index (χ1n) is 8.38. The number of halogens is 1. The Morgan fingerprint density at radius 1 is 1.48 bits per heavy atom. The lowest BCUT2D eigenvalue weighted by Gasteiger charge is -2.32. The first kappa shape index (κ1) is 17.2. The van der Waals surface area contributed by atoms with Gasteiger partial charge < -0.3 is 19.5 Å². The van der Waals surface area contributed by atoms with E-state index in [0.717, 1.165) is 25.2 Å². The first-order valence-corrected chi connectivity index (χ1v) is 8.38. The standard InChI is InChI=1S/C17H22FN5O2/c1-22-12-20-21-16(22)13-4-3-8-23(11-13)17(24)19-7-9-25-15-6-2-5-14(18)10-15/h2,5-6,10,12-13H,3-4,7-9,11H2,1H3,(H,19,24)/t13-/m1/s1. The molecule has 1 aromatic heterocycles. The van der Waals surface area contributed by atoms with Crippen LogP contribution in [0.3, 0.4) is 0 Å². The van der Waals surface area contributed by atoms with Gasteiger partial charge in [-0.2, -0.15) is 0 Å². The van der Waals surface area contributed by atoms with Crippen molar-refractivity contribution in [1.29, 1.82) is 0 Å². The normalized spacial score (nSPS) is 17.4. The third-order valence-corrected chi connectivity index (χ3v) is 4.26. The van der Waals surface area contributed by atoms with E-state index in [9.17, 15) is 9.18 Å². The Balaban J connectivity index is 1.44. The van der Waals surface area contributed by atoms with E-state index < -0.39 is 0 Å². The number of amides is 2. The second-order valence-electron chi connectivity index (χ2n) is 6.12. The molecule has 25 heavy (non-hydrogen) atoms. The molecule has 1 N–H and O–H groups in total. The highest BCUT2D eigenvalue weighted by molar-refractivity contribution is 5.74. The van der Waals surface area contributed by atoms with Gasteiger partial charge in [-0.3, -0.25) is 0 Å². The third kappa shape index (κ3) is 4.46. The van der Waals surface area contributed by atoms with E-state index in [1.807, 2.05) is 11.6 Å². The Morgan fingerprint density at radius 2 is 2.36 bits per heavy atom. The minimum Gasteiger partial charge on any atom is -0.492 e. The third-order valence-electron chi connectivity index (χ3n) is 4.26. The van der Waals surface area contributed by atoms with Gasteiger partial charge in [0, 0.05) is 32.1 Å². The van der Waals surface area contributed by atoms with Crippen molar-refractivity contribution < 1.29 is 13.9 Å². The molecule has 1 atom stereocenters. The molecule has 2 aromatic rings. The monoisotopic (exact) mass is 347 g/mol. The summed E-state index contributed by atoms with van der Waals surface area (Å²) in [5, 5.41) is 10.9. The second-order valence-corrected chi connectivity index (χ2v) is 6.12. The number of aromatic nitrogens is 3. The molecule has 8 heteroatoms. The lowest BCUT2D eigenvalue weighted by molar-refractivity contribution is 0.175. The number of ether oxygens (including phenoxy) is 1. The van der Waals surface area contributed by atoms with Crippen LogP contribution < -0.4 is 10.1 Å². The molecule has 134 valence electrons. The van der Waals surface area contributed by atoms with Crippen LogP contribution in [-0.4, -0.2) is 51.9 Å². The van der Waals surface area contributed by atoms with E-state index in [1.165, 1.54) is 12.1 Å². The fraction of sp³-hybridized carbons (Fsp3) is 0.471. The quantitative estimate of drug-likeness (QED) is 0.839. The highest BCUT2D eigenvalue weighted by atomic mass is 19.1. The SMILES string of the molecule is Cn1cnnc1[C@@H]1CCCN(C(=O)NCCOc2cccc(F)c2)C1. The Kier molecular flexibility index (Phi) is 5.47. The molecule has 1 aliphatic rings. The summed E-state index contributed by atoms with van der Waals surface area (Å²) in [6, 6.07) is 5.83. The zero-order valence-corrected chi connectivity index (χ0v) is 14.2. The maximum absolute atomic E-state index is 13.1. The fourth-order valence-electron chi connectivity index (χ4n) is 3.03. The zero-order chi connectivity index (χ0) is 17.6. The van der Waals surface area contributed by atoms with E-state index in [-0.39, 0.29) is 24.4 Å². The van der Waals surface area contributed by atoms with Crippen LogP contribution in [0.1, 0.15) is 24.6 Å². The lowest BCUT2D eigenvalue weighted by Crippen LogP contribution is -2.46. The number of benzene rings is 1. The van der Waals surface area contributed by atoms with Gasteiger partial charge in [-0.05, 0) is 25.0 Å². The minimum absolute atomic E-state index is 0.116. The number of hydrogen-bond donors (Lipinski definition) is 1. The Morgan fingerprint density at radius 3 is 3.12 bits per heavy atom. The van der Waals surface area contributed by atoms with Gasteiger partial charge in [-0.1, -0.05) is 6.07 Å². The lowest BCUT2D eigenvalue weighted by atomic mass is 9.97. The molecular formula is C17H22FN5O2. The molecule has 0 aliphatic carbocycles. The number of piperidine rings is 1. The van der Waals surface area contributed by atoms with Crippen LogP contribution in [0.4, 0.5) is 9.18 Å². The van der Waals surface area contributed by atoms with Gasteiger partial charge in [0.2, 0.25) is 0 Å². The van der Waals surface area contributed by atoms with Crippen molar-refractivity contribution in [2.75, 3.05) is 26.2 Å². The number of urea groups is 1. The molecule has 0 unspecified atom stereocenters. The largest absolute Gasteiger partial charge is 0.492 e. The molecule has 1 aliphatic heterocycles. The van der Waals surface area contributed by atoms with Gasteiger partial charge in [-0.25, -0.2) is 9.18 Å². The number of carbonyl (C=O) groups is 1. The average Bonchev–Trinajstić information content (AvgIpc) is 3.05. The zero-order valence-electron chi connectivity index (χ0n) is 14.2. The summed E-state index contributed by atoms with van der Waals surface area (Å²) in [5.74, 6) is 1.22. The number of carbonyl (C=O) groups excluding carboxylic acids is 1. The van der Waals surface area contributed by atoms with Crippen molar-refractivity contribution in [3.05, 3.63) is 42.2 Å². The van der Waals surface area contributed by atoms with Crippen molar-refractivity contribution in [3.8, 4) is 5.75 Å². The van der Waals surface area contributed by atoms with Crippen molar-refractivity contribution in [3.63, 3.8) is 0 Å². The molecule has 1 saturated heterocycles. The molecule has 3 rings (SSSR count). The number of nitrogens with one attached hydrogen (secondary N) is 1. The summed E-state index contributed by atoms with van der Waals surface area (Å²) in [5.41, 5.74) is 0. The number of nitrogens with zero attached hydrogens (tertiary/aromatic N) is 4.